The first-order chi connectivity index (χ1) is 16.1. The van der Waals surface area contributed by atoms with E-state index in [-0.39, 0.29) is 11.9 Å². The van der Waals surface area contributed by atoms with Gasteiger partial charge in [0.2, 0.25) is 0 Å². The Morgan fingerprint density at radius 3 is 3.03 bits per heavy atom. The molecule has 2 aromatic carbocycles. The van der Waals surface area contributed by atoms with Crippen LogP contribution in [0.25, 0.3) is 21.8 Å². The van der Waals surface area contributed by atoms with Gasteiger partial charge in [-0.15, -0.1) is 0 Å². The lowest BCUT2D eigenvalue weighted by Gasteiger charge is -2.28. The molecule has 1 aliphatic heterocycles. The monoisotopic (exact) mass is 445 g/mol. The van der Waals surface area contributed by atoms with Crippen molar-refractivity contribution in [2.45, 2.75) is 38.7 Å². The van der Waals surface area contributed by atoms with Crippen LogP contribution in [0.1, 0.15) is 29.8 Å². The zero-order valence-electron chi connectivity index (χ0n) is 18.8. The minimum atomic E-state index is -0.164. The van der Waals surface area contributed by atoms with Crippen molar-refractivity contribution in [1.29, 1.82) is 0 Å². The van der Waals surface area contributed by atoms with Gasteiger partial charge in [-0.1, -0.05) is 0 Å². The van der Waals surface area contributed by atoms with E-state index in [1.807, 2.05) is 31.2 Å². The van der Waals surface area contributed by atoms with E-state index in [1.54, 1.807) is 6.07 Å². The van der Waals surface area contributed by atoms with Crippen molar-refractivity contribution in [1.82, 2.24) is 15.3 Å². The van der Waals surface area contributed by atoms with E-state index in [4.69, 9.17) is 9.47 Å². The highest BCUT2D eigenvalue weighted by Gasteiger charge is 2.25. The van der Waals surface area contributed by atoms with E-state index in [1.165, 1.54) is 23.7 Å². The second-order valence-electron chi connectivity index (χ2n) is 9.34. The van der Waals surface area contributed by atoms with E-state index in [0.717, 1.165) is 71.4 Å². The number of hydrogen-bond acceptors (Lipinski definition) is 4. The fraction of sp³-hybridized carbons (Fsp3) is 0.370. The Morgan fingerprint density at radius 1 is 1.15 bits per heavy atom. The normalized spacial score (nSPS) is 19.7. The summed E-state index contributed by atoms with van der Waals surface area (Å²) in [4.78, 5) is 8.08. The van der Waals surface area contributed by atoms with Crippen LogP contribution < -0.4 is 14.8 Å². The third-order valence-corrected chi connectivity index (χ3v) is 6.99. The summed E-state index contributed by atoms with van der Waals surface area (Å²) in [7, 11) is 0. The fourth-order valence-electron chi connectivity index (χ4n) is 5.26. The number of hydrogen-bond donors (Lipinski definition) is 2. The molecule has 6 heteroatoms. The van der Waals surface area contributed by atoms with Crippen LogP contribution in [-0.4, -0.2) is 35.8 Å². The van der Waals surface area contributed by atoms with E-state index in [2.05, 4.69) is 21.4 Å². The van der Waals surface area contributed by atoms with E-state index in [0.29, 0.717) is 12.5 Å². The van der Waals surface area contributed by atoms with Crippen LogP contribution in [0.3, 0.4) is 0 Å². The Bertz CT molecular complexity index is 1330. The van der Waals surface area contributed by atoms with Crippen molar-refractivity contribution in [3.05, 3.63) is 65.2 Å². The van der Waals surface area contributed by atoms with Crippen LogP contribution >= 0.6 is 0 Å². The van der Waals surface area contributed by atoms with Crippen molar-refractivity contribution in [2.24, 2.45) is 5.92 Å². The lowest BCUT2D eigenvalue weighted by atomic mass is 9.84. The number of aromatic nitrogens is 2. The number of nitrogens with zero attached hydrogens (tertiary/aromatic N) is 1. The molecule has 0 bridgehead atoms. The molecule has 2 aromatic heterocycles. The zero-order chi connectivity index (χ0) is 22.4. The molecule has 0 radical (unpaired) electrons. The summed E-state index contributed by atoms with van der Waals surface area (Å²) < 4.78 is 26.0. The van der Waals surface area contributed by atoms with Gasteiger partial charge in [-0.05, 0) is 93.1 Å². The quantitative estimate of drug-likeness (QED) is 0.420. The van der Waals surface area contributed by atoms with Gasteiger partial charge < -0.3 is 19.8 Å². The van der Waals surface area contributed by atoms with Gasteiger partial charge in [-0.2, -0.15) is 0 Å². The number of aromatic amines is 1. The van der Waals surface area contributed by atoms with Crippen molar-refractivity contribution in [3.63, 3.8) is 0 Å². The third-order valence-electron chi connectivity index (χ3n) is 6.99. The lowest BCUT2D eigenvalue weighted by molar-refractivity contribution is 0.0922. The summed E-state index contributed by atoms with van der Waals surface area (Å²) in [5.74, 6) is 2.03. The highest BCUT2D eigenvalue weighted by atomic mass is 19.1. The molecule has 2 aliphatic rings. The van der Waals surface area contributed by atoms with Gasteiger partial charge >= 0.3 is 0 Å². The summed E-state index contributed by atoms with van der Waals surface area (Å²) in [5, 5.41) is 5.61. The zero-order valence-corrected chi connectivity index (χ0v) is 18.8. The summed E-state index contributed by atoms with van der Waals surface area (Å²) in [6, 6.07) is 13.0. The minimum absolute atomic E-state index is 0.0287. The van der Waals surface area contributed by atoms with E-state index >= 15 is 0 Å². The number of benzene rings is 2. The maximum atomic E-state index is 13.8. The van der Waals surface area contributed by atoms with Crippen molar-refractivity contribution in [2.75, 3.05) is 19.7 Å². The van der Waals surface area contributed by atoms with Gasteiger partial charge in [0.05, 0.1) is 5.52 Å². The predicted molar refractivity (Wildman–Crippen MR) is 128 cm³/mol. The number of halogens is 1. The van der Waals surface area contributed by atoms with E-state index < -0.39 is 0 Å². The molecule has 0 spiro atoms. The summed E-state index contributed by atoms with van der Waals surface area (Å²) in [6.07, 6.45) is 4.28. The van der Waals surface area contributed by atoms with Gasteiger partial charge in [-0.3, -0.25) is 4.98 Å². The van der Waals surface area contributed by atoms with Gasteiger partial charge in [0.15, 0.2) is 11.5 Å². The van der Waals surface area contributed by atoms with Crippen LogP contribution in [-0.2, 0) is 12.8 Å². The number of nitrogens with one attached hydrogen (secondary N) is 2. The molecule has 2 atom stereocenters. The number of pyridine rings is 1. The number of H-pyrrole nitrogens is 1. The van der Waals surface area contributed by atoms with Gasteiger partial charge in [0, 0.05) is 34.2 Å². The SMILES string of the molecule is Cc1ccc2c3c(ccc2n1)OC[C@H](CNCC[C@@H]1CCc2[nH]c4ccc(F)cc4c2C1)O3. The number of fused-ring (bicyclic) bond motifs is 6. The molecule has 5 nitrogen and oxygen atoms in total. The molecular formula is C27H28FN3O2. The number of aryl methyl sites for hydroxylation is 2. The Balaban J connectivity index is 1.05. The van der Waals surface area contributed by atoms with Crippen LogP contribution in [0.5, 0.6) is 11.5 Å². The minimum Gasteiger partial charge on any atom is -0.486 e. The van der Waals surface area contributed by atoms with Crippen LogP contribution in [0.2, 0.25) is 0 Å². The number of ether oxygens (including phenoxy) is 2. The average molecular weight is 446 g/mol. The molecule has 0 fully saturated rings. The first-order valence-electron chi connectivity index (χ1n) is 11.8. The van der Waals surface area contributed by atoms with Crippen molar-refractivity contribution >= 4 is 21.8 Å². The molecule has 0 saturated carbocycles. The average Bonchev–Trinajstić information content (AvgIpc) is 3.18. The molecule has 1 aliphatic carbocycles. The summed E-state index contributed by atoms with van der Waals surface area (Å²) in [6.45, 7) is 4.20. The van der Waals surface area contributed by atoms with E-state index in [9.17, 15) is 4.39 Å². The Labute approximate surface area is 192 Å². The molecular weight excluding hydrogens is 417 g/mol. The first-order valence-corrected chi connectivity index (χ1v) is 11.8. The van der Waals surface area contributed by atoms with Crippen molar-refractivity contribution in [3.8, 4) is 11.5 Å². The van der Waals surface area contributed by atoms with Crippen LogP contribution in [0, 0.1) is 18.7 Å². The van der Waals surface area contributed by atoms with Gasteiger partial charge in [-0.25, -0.2) is 4.39 Å². The van der Waals surface area contributed by atoms with Crippen molar-refractivity contribution < 1.29 is 13.9 Å². The lowest BCUT2D eigenvalue weighted by Crippen LogP contribution is -2.39. The highest BCUT2D eigenvalue weighted by Crippen LogP contribution is 2.38. The smallest absolute Gasteiger partial charge is 0.171 e. The van der Waals surface area contributed by atoms with Crippen LogP contribution in [0.15, 0.2) is 42.5 Å². The Morgan fingerprint density at radius 2 is 2.09 bits per heavy atom. The molecule has 4 aromatic rings. The largest absolute Gasteiger partial charge is 0.486 e. The molecule has 0 unspecified atom stereocenters. The third kappa shape index (κ3) is 3.93. The van der Waals surface area contributed by atoms with Gasteiger partial charge in [0.25, 0.3) is 0 Å². The first kappa shape index (κ1) is 20.5. The Kier molecular flexibility index (Phi) is 5.18. The standard InChI is InChI=1S/C27H28FN3O2/c1-16-2-5-20-23(30-16)8-9-26-27(20)33-19(15-32-26)14-29-11-10-17-3-6-24-21(12-17)22-13-18(28)4-7-25(22)31-24/h2,4-5,7-9,13,17,19,29,31H,3,6,10-12,14-15H2,1H3/t17-,19-/m0/s1. The molecule has 6 rings (SSSR count). The van der Waals surface area contributed by atoms with Crippen LogP contribution in [0.4, 0.5) is 4.39 Å². The van der Waals surface area contributed by atoms with Gasteiger partial charge in [0.1, 0.15) is 18.5 Å². The summed E-state index contributed by atoms with van der Waals surface area (Å²) >= 11 is 0. The maximum Gasteiger partial charge on any atom is 0.171 e. The molecule has 0 amide bonds. The molecule has 3 heterocycles. The fourth-order valence-corrected chi connectivity index (χ4v) is 5.26. The Hall–Kier alpha value is -3.12. The predicted octanol–water partition coefficient (Wildman–Crippen LogP) is 5.09. The second kappa shape index (κ2) is 8.34. The molecule has 33 heavy (non-hydrogen) atoms. The molecule has 170 valence electrons. The highest BCUT2D eigenvalue weighted by molar-refractivity contribution is 5.88. The molecule has 0 saturated heterocycles. The summed E-state index contributed by atoms with van der Waals surface area (Å²) in [5.41, 5.74) is 5.55. The maximum absolute atomic E-state index is 13.8. The molecule has 2 N–H and O–H groups in total. The number of rotatable bonds is 5. The topological polar surface area (TPSA) is 59.2 Å². The second-order valence-corrected chi connectivity index (χ2v) is 9.34.